The highest BCUT2D eigenvalue weighted by Gasteiger charge is 2.18. The van der Waals surface area contributed by atoms with Gasteiger partial charge in [-0.05, 0) is 53.4 Å². The topological polar surface area (TPSA) is 49.4 Å². The summed E-state index contributed by atoms with van der Waals surface area (Å²) in [6, 6.07) is 4.93. The second-order valence-electron chi connectivity index (χ2n) is 4.75. The van der Waals surface area contributed by atoms with Crippen molar-refractivity contribution in [3.63, 3.8) is 0 Å². The number of carbonyl (C=O) groups is 2. The Morgan fingerprint density at radius 1 is 1.25 bits per heavy atom. The maximum Gasteiger partial charge on any atom is 0.252 e. The van der Waals surface area contributed by atoms with E-state index in [0.717, 1.165) is 25.9 Å². The van der Waals surface area contributed by atoms with E-state index in [1.165, 1.54) is 6.42 Å². The predicted octanol–water partition coefficient (Wildman–Crippen LogP) is 2.84. The molecule has 1 heterocycles. The van der Waals surface area contributed by atoms with Gasteiger partial charge in [-0.1, -0.05) is 11.6 Å². The Bertz CT molecular complexity index is 516. The first-order valence-corrected chi connectivity index (χ1v) is 7.76. The second-order valence-corrected chi connectivity index (χ2v) is 6.04. The third-order valence-electron chi connectivity index (χ3n) is 3.28. The van der Waals surface area contributed by atoms with E-state index in [-0.39, 0.29) is 18.4 Å². The Hall–Kier alpha value is -1.07. The molecule has 1 aliphatic rings. The van der Waals surface area contributed by atoms with Crippen LogP contribution in [0.5, 0.6) is 0 Å². The number of halogens is 2. The molecule has 0 saturated carbocycles. The Morgan fingerprint density at radius 3 is 2.60 bits per heavy atom. The summed E-state index contributed by atoms with van der Waals surface area (Å²) < 4.78 is 0.618. The van der Waals surface area contributed by atoms with Gasteiger partial charge in [0.2, 0.25) is 5.91 Å². The maximum atomic E-state index is 12.0. The van der Waals surface area contributed by atoms with Crippen LogP contribution >= 0.6 is 27.5 Å². The molecule has 1 N–H and O–H groups in total. The van der Waals surface area contributed by atoms with Crippen molar-refractivity contribution < 1.29 is 9.59 Å². The number of nitrogens with zero attached hydrogens (tertiary/aromatic N) is 1. The van der Waals surface area contributed by atoms with Crippen LogP contribution in [0.4, 0.5) is 0 Å². The third-order valence-corrected chi connectivity index (χ3v) is 4.18. The largest absolute Gasteiger partial charge is 0.343 e. The molecule has 1 saturated heterocycles. The van der Waals surface area contributed by atoms with E-state index in [1.54, 1.807) is 23.1 Å². The number of likely N-dealkylation sites (tertiary alicyclic amines) is 1. The highest BCUT2D eigenvalue weighted by molar-refractivity contribution is 9.10. The maximum absolute atomic E-state index is 12.0. The monoisotopic (exact) mass is 358 g/mol. The molecular weight excluding hydrogens is 344 g/mol. The highest BCUT2D eigenvalue weighted by atomic mass is 79.9. The SMILES string of the molecule is O=C(NCC(=O)N1CCCCC1)c1ccc(Cl)cc1Br. The lowest BCUT2D eigenvalue weighted by Crippen LogP contribution is -2.42. The van der Waals surface area contributed by atoms with E-state index >= 15 is 0 Å². The van der Waals surface area contributed by atoms with Crippen LogP contribution in [0, 0.1) is 0 Å². The normalized spacial score (nSPS) is 15.0. The van der Waals surface area contributed by atoms with Gasteiger partial charge in [0.1, 0.15) is 0 Å². The van der Waals surface area contributed by atoms with Crippen molar-refractivity contribution in [2.45, 2.75) is 19.3 Å². The van der Waals surface area contributed by atoms with E-state index in [1.807, 2.05) is 0 Å². The lowest BCUT2D eigenvalue weighted by atomic mass is 10.1. The summed E-state index contributed by atoms with van der Waals surface area (Å²) in [5.41, 5.74) is 0.473. The molecule has 0 atom stereocenters. The number of hydrogen-bond donors (Lipinski definition) is 1. The summed E-state index contributed by atoms with van der Waals surface area (Å²) in [6.07, 6.45) is 3.26. The molecule has 0 spiro atoms. The van der Waals surface area contributed by atoms with Crippen LogP contribution in [0.2, 0.25) is 5.02 Å². The number of nitrogens with one attached hydrogen (secondary N) is 1. The fraction of sp³-hybridized carbons (Fsp3) is 0.429. The van der Waals surface area contributed by atoms with Gasteiger partial charge in [0.05, 0.1) is 12.1 Å². The van der Waals surface area contributed by atoms with Crippen molar-refractivity contribution in [2.24, 2.45) is 0 Å². The van der Waals surface area contributed by atoms with Gasteiger partial charge in [-0.15, -0.1) is 0 Å². The fourth-order valence-electron chi connectivity index (χ4n) is 2.18. The minimum absolute atomic E-state index is 0.0249. The van der Waals surface area contributed by atoms with Crippen molar-refractivity contribution in [1.29, 1.82) is 0 Å². The number of amides is 2. The van der Waals surface area contributed by atoms with Crippen molar-refractivity contribution in [3.05, 3.63) is 33.3 Å². The molecule has 1 fully saturated rings. The minimum atomic E-state index is -0.279. The lowest BCUT2D eigenvalue weighted by Gasteiger charge is -2.26. The van der Waals surface area contributed by atoms with Crippen LogP contribution in [-0.2, 0) is 4.79 Å². The molecule has 108 valence electrons. The number of benzene rings is 1. The van der Waals surface area contributed by atoms with Gasteiger partial charge in [-0.25, -0.2) is 0 Å². The van der Waals surface area contributed by atoms with Crippen LogP contribution in [0.15, 0.2) is 22.7 Å². The predicted molar refractivity (Wildman–Crippen MR) is 81.9 cm³/mol. The minimum Gasteiger partial charge on any atom is -0.343 e. The first-order valence-electron chi connectivity index (χ1n) is 6.59. The molecule has 20 heavy (non-hydrogen) atoms. The Morgan fingerprint density at radius 2 is 1.95 bits per heavy atom. The average molecular weight is 360 g/mol. The molecule has 6 heteroatoms. The highest BCUT2D eigenvalue weighted by Crippen LogP contribution is 2.21. The Balaban J connectivity index is 1.89. The molecule has 0 aliphatic carbocycles. The van der Waals surface area contributed by atoms with Crippen LogP contribution in [-0.4, -0.2) is 36.3 Å². The summed E-state index contributed by atoms with van der Waals surface area (Å²) in [4.78, 5) is 25.8. The fourth-order valence-corrected chi connectivity index (χ4v) is 3.04. The molecule has 1 aromatic rings. The van der Waals surface area contributed by atoms with E-state index in [0.29, 0.717) is 15.1 Å². The molecular formula is C14H16BrClN2O2. The lowest BCUT2D eigenvalue weighted by molar-refractivity contribution is -0.130. The van der Waals surface area contributed by atoms with Crippen molar-refractivity contribution in [3.8, 4) is 0 Å². The van der Waals surface area contributed by atoms with E-state index in [4.69, 9.17) is 11.6 Å². The van der Waals surface area contributed by atoms with E-state index in [2.05, 4.69) is 21.2 Å². The number of piperidine rings is 1. The summed E-state index contributed by atoms with van der Waals surface area (Å²) in [7, 11) is 0. The summed E-state index contributed by atoms with van der Waals surface area (Å²) in [5, 5.41) is 3.21. The van der Waals surface area contributed by atoms with Crippen LogP contribution in [0.3, 0.4) is 0 Å². The van der Waals surface area contributed by atoms with Gasteiger partial charge >= 0.3 is 0 Å². The molecule has 1 aliphatic heterocycles. The van der Waals surface area contributed by atoms with Gasteiger partial charge in [-0.3, -0.25) is 9.59 Å². The van der Waals surface area contributed by atoms with Gasteiger partial charge in [0.15, 0.2) is 0 Å². The van der Waals surface area contributed by atoms with Gasteiger partial charge in [0.25, 0.3) is 5.91 Å². The van der Waals surface area contributed by atoms with Crippen molar-refractivity contribution >= 4 is 39.3 Å². The molecule has 4 nitrogen and oxygen atoms in total. The Labute approximate surface area is 131 Å². The summed E-state index contributed by atoms with van der Waals surface area (Å²) >= 11 is 9.12. The summed E-state index contributed by atoms with van der Waals surface area (Å²) in [5.74, 6) is -0.304. The molecule has 1 aromatic carbocycles. The molecule has 0 unspecified atom stereocenters. The number of carbonyl (C=O) groups excluding carboxylic acids is 2. The van der Waals surface area contributed by atoms with Crippen molar-refractivity contribution in [1.82, 2.24) is 10.2 Å². The molecule has 2 amide bonds. The molecule has 0 aromatic heterocycles. The molecule has 0 radical (unpaired) electrons. The first-order chi connectivity index (χ1) is 9.58. The third kappa shape index (κ3) is 3.96. The summed E-state index contributed by atoms with van der Waals surface area (Å²) in [6.45, 7) is 1.62. The van der Waals surface area contributed by atoms with Crippen molar-refractivity contribution in [2.75, 3.05) is 19.6 Å². The second kappa shape index (κ2) is 7.09. The Kier molecular flexibility index (Phi) is 5.43. The standard InChI is InChI=1S/C14H16BrClN2O2/c15-12-8-10(16)4-5-11(12)14(20)17-9-13(19)18-6-2-1-3-7-18/h4-5,8H,1-3,6-7,9H2,(H,17,20). The zero-order valence-corrected chi connectivity index (χ0v) is 13.3. The number of rotatable bonds is 3. The zero-order chi connectivity index (χ0) is 14.5. The van der Waals surface area contributed by atoms with E-state index < -0.39 is 0 Å². The quantitative estimate of drug-likeness (QED) is 0.902. The first kappa shape index (κ1) is 15.3. The van der Waals surface area contributed by atoms with Gasteiger partial charge < -0.3 is 10.2 Å². The van der Waals surface area contributed by atoms with Crippen LogP contribution in [0.1, 0.15) is 29.6 Å². The number of hydrogen-bond acceptors (Lipinski definition) is 2. The average Bonchev–Trinajstić information content (AvgIpc) is 2.45. The smallest absolute Gasteiger partial charge is 0.252 e. The molecule has 2 rings (SSSR count). The molecule has 0 bridgehead atoms. The van der Waals surface area contributed by atoms with Crippen LogP contribution in [0.25, 0.3) is 0 Å². The van der Waals surface area contributed by atoms with Gasteiger partial charge in [-0.2, -0.15) is 0 Å². The zero-order valence-electron chi connectivity index (χ0n) is 11.0. The van der Waals surface area contributed by atoms with Gasteiger partial charge in [0, 0.05) is 22.6 Å². The van der Waals surface area contributed by atoms with E-state index in [9.17, 15) is 9.59 Å². The van der Waals surface area contributed by atoms with Crippen LogP contribution < -0.4 is 5.32 Å².